The van der Waals surface area contributed by atoms with Crippen LogP contribution in [0.3, 0.4) is 0 Å². The van der Waals surface area contributed by atoms with Crippen LogP contribution in [0.2, 0.25) is 0 Å². The highest BCUT2D eigenvalue weighted by Gasteiger charge is 2.24. The van der Waals surface area contributed by atoms with Gasteiger partial charge in [0.2, 0.25) is 0 Å². The summed E-state index contributed by atoms with van der Waals surface area (Å²) in [7, 11) is 0. The topological polar surface area (TPSA) is 42.2 Å². The van der Waals surface area contributed by atoms with E-state index < -0.39 is 0 Å². The zero-order valence-electron chi connectivity index (χ0n) is 11.4. The van der Waals surface area contributed by atoms with Gasteiger partial charge in [-0.25, -0.2) is 5.84 Å². The zero-order valence-corrected chi connectivity index (χ0v) is 11.4. The lowest BCUT2D eigenvalue weighted by Crippen LogP contribution is -2.39. The van der Waals surface area contributed by atoms with E-state index in [9.17, 15) is 0 Å². The molecule has 0 amide bonds. The van der Waals surface area contributed by atoms with Crippen LogP contribution in [0.1, 0.15) is 28.3 Å². The predicted octanol–water partition coefficient (Wildman–Crippen LogP) is 2.72. The van der Waals surface area contributed by atoms with Crippen molar-refractivity contribution in [1.82, 2.24) is 4.98 Å². The quantitative estimate of drug-likeness (QED) is 0.795. The molecule has 1 aromatic heterocycles. The van der Waals surface area contributed by atoms with E-state index in [1.54, 1.807) is 0 Å². The van der Waals surface area contributed by atoms with Crippen LogP contribution < -0.4 is 10.9 Å². The molecule has 0 saturated heterocycles. The summed E-state index contributed by atoms with van der Waals surface area (Å²) in [6.45, 7) is 4.98. The first-order valence-corrected chi connectivity index (χ1v) is 6.68. The van der Waals surface area contributed by atoms with E-state index >= 15 is 0 Å². The van der Waals surface area contributed by atoms with Gasteiger partial charge in [0.15, 0.2) is 0 Å². The van der Waals surface area contributed by atoms with Crippen LogP contribution in [0, 0.1) is 13.8 Å². The molecule has 3 heteroatoms. The van der Waals surface area contributed by atoms with Crippen molar-refractivity contribution < 1.29 is 0 Å². The summed E-state index contributed by atoms with van der Waals surface area (Å²) in [4.78, 5) is 4.39. The number of anilines is 1. The highest BCUT2D eigenvalue weighted by atomic mass is 15.4. The molecule has 1 unspecified atom stereocenters. The monoisotopic (exact) mass is 253 g/mol. The summed E-state index contributed by atoms with van der Waals surface area (Å²) >= 11 is 0. The lowest BCUT2D eigenvalue weighted by molar-refractivity contribution is 0.617. The maximum atomic E-state index is 6.17. The zero-order chi connectivity index (χ0) is 13.4. The Kier molecular flexibility index (Phi) is 2.99. The smallest absolute Gasteiger partial charge is 0.0549 e. The fourth-order valence-electron chi connectivity index (χ4n) is 2.77. The Bertz CT molecular complexity index is 589. The summed E-state index contributed by atoms with van der Waals surface area (Å²) in [6, 6.07) is 10.7. The maximum Gasteiger partial charge on any atom is 0.0549 e. The first kappa shape index (κ1) is 12.2. The van der Waals surface area contributed by atoms with Crippen molar-refractivity contribution in [3.63, 3.8) is 0 Å². The summed E-state index contributed by atoms with van der Waals surface area (Å²) in [5, 5.41) is 1.86. The van der Waals surface area contributed by atoms with Gasteiger partial charge >= 0.3 is 0 Å². The first-order chi connectivity index (χ1) is 9.13. The van der Waals surface area contributed by atoms with Crippen molar-refractivity contribution in [2.75, 3.05) is 11.6 Å². The van der Waals surface area contributed by atoms with Crippen molar-refractivity contribution >= 4 is 5.69 Å². The number of hydrogen-bond acceptors (Lipinski definition) is 3. The van der Waals surface area contributed by atoms with Gasteiger partial charge in [0.05, 0.1) is 5.69 Å². The van der Waals surface area contributed by atoms with E-state index in [0.29, 0.717) is 5.92 Å². The number of hydrazine groups is 1. The number of nitrogens with zero attached hydrogens (tertiary/aromatic N) is 2. The molecule has 0 fully saturated rings. The molecule has 0 radical (unpaired) electrons. The minimum atomic E-state index is 0.424. The van der Waals surface area contributed by atoms with Gasteiger partial charge in [0.1, 0.15) is 0 Å². The van der Waals surface area contributed by atoms with Crippen molar-refractivity contribution in [3.8, 4) is 0 Å². The van der Waals surface area contributed by atoms with Crippen LogP contribution in [0.25, 0.3) is 0 Å². The predicted molar refractivity (Wildman–Crippen MR) is 78.1 cm³/mol. The number of fused-ring (bicyclic) bond motifs is 1. The maximum absolute atomic E-state index is 6.17. The van der Waals surface area contributed by atoms with Crippen LogP contribution in [-0.2, 0) is 6.42 Å². The average Bonchev–Trinajstić information content (AvgIpc) is 2.38. The van der Waals surface area contributed by atoms with Crippen LogP contribution >= 0.6 is 0 Å². The highest BCUT2D eigenvalue weighted by molar-refractivity contribution is 5.57. The van der Waals surface area contributed by atoms with Gasteiger partial charge < -0.3 is 5.01 Å². The Labute approximate surface area is 114 Å². The Morgan fingerprint density at radius 2 is 2.05 bits per heavy atom. The largest absolute Gasteiger partial charge is 0.310 e. The molecule has 2 N–H and O–H groups in total. The normalized spacial score (nSPS) is 18.3. The molecule has 1 atom stereocenters. The number of aromatic nitrogens is 1. The SMILES string of the molecule is Cc1ccc2c(c1)CC(c1ccc(C)nc1)CN2N. The Morgan fingerprint density at radius 1 is 1.21 bits per heavy atom. The second-order valence-electron chi connectivity index (χ2n) is 5.42. The molecular formula is C16H19N3. The van der Waals surface area contributed by atoms with Gasteiger partial charge in [-0.3, -0.25) is 4.98 Å². The van der Waals surface area contributed by atoms with E-state index in [4.69, 9.17) is 5.84 Å². The van der Waals surface area contributed by atoms with Crippen LogP contribution in [0.15, 0.2) is 36.5 Å². The Balaban J connectivity index is 1.93. The lowest BCUT2D eigenvalue weighted by atomic mass is 9.88. The number of benzene rings is 1. The molecule has 2 aromatic rings. The first-order valence-electron chi connectivity index (χ1n) is 6.68. The third-order valence-corrected chi connectivity index (χ3v) is 3.83. The molecular weight excluding hydrogens is 234 g/mol. The molecule has 1 aliphatic heterocycles. The molecule has 1 aliphatic rings. The fraction of sp³-hybridized carbons (Fsp3) is 0.312. The van der Waals surface area contributed by atoms with Crippen molar-refractivity contribution in [3.05, 3.63) is 58.9 Å². The summed E-state index contributed by atoms with van der Waals surface area (Å²) in [6.07, 6.45) is 3.02. The standard InChI is InChI=1S/C16H19N3/c1-11-3-6-16-14(7-11)8-15(10-19(16)17)13-5-4-12(2)18-9-13/h3-7,9,15H,8,10,17H2,1-2H3. The van der Waals surface area contributed by atoms with Crippen molar-refractivity contribution in [2.24, 2.45) is 5.84 Å². The van der Waals surface area contributed by atoms with Crippen molar-refractivity contribution in [1.29, 1.82) is 0 Å². The number of hydrogen-bond donors (Lipinski definition) is 1. The molecule has 2 heterocycles. The minimum Gasteiger partial charge on any atom is -0.310 e. The second kappa shape index (κ2) is 4.67. The number of pyridine rings is 1. The fourth-order valence-corrected chi connectivity index (χ4v) is 2.77. The number of nitrogens with two attached hydrogens (primary N) is 1. The van der Waals surface area contributed by atoms with Crippen LogP contribution in [-0.4, -0.2) is 11.5 Å². The van der Waals surface area contributed by atoms with E-state index in [1.807, 2.05) is 18.1 Å². The Hall–Kier alpha value is -1.87. The third-order valence-electron chi connectivity index (χ3n) is 3.83. The molecule has 0 bridgehead atoms. The van der Waals surface area contributed by atoms with Crippen LogP contribution in [0.5, 0.6) is 0 Å². The average molecular weight is 253 g/mol. The van der Waals surface area contributed by atoms with Gasteiger partial charge in [-0.1, -0.05) is 23.8 Å². The number of aryl methyl sites for hydroxylation is 2. The second-order valence-corrected chi connectivity index (χ2v) is 5.42. The minimum absolute atomic E-state index is 0.424. The molecule has 0 aliphatic carbocycles. The van der Waals surface area contributed by atoms with E-state index in [2.05, 4.69) is 42.2 Å². The summed E-state index contributed by atoms with van der Waals surface area (Å²) in [5.41, 5.74) is 6.10. The van der Waals surface area contributed by atoms with E-state index in [1.165, 1.54) is 16.7 Å². The van der Waals surface area contributed by atoms with Gasteiger partial charge in [0.25, 0.3) is 0 Å². The van der Waals surface area contributed by atoms with E-state index in [0.717, 1.165) is 24.3 Å². The highest BCUT2D eigenvalue weighted by Crippen LogP contribution is 2.33. The molecule has 98 valence electrons. The van der Waals surface area contributed by atoms with E-state index in [-0.39, 0.29) is 0 Å². The van der Waals surface area contributed by atoms with Gasteiger partial charge in [-0.15, -0.1) is 0 Å². The van der Waals surface area contributed by atoms with Crippen LogP contribution in [0.4, 0.5) is 5.69 Å². The van der Waals surface area contributed by atoms with Crippen molar-refractivity contribution in [2.45, 2.75) is 26.2 Å². The molecule has 3 nitrogen and oxygen atoms in total. The van der Waals surface area contributed by atoms with Gasteiger partial charge in [-0.05, 0) is 43.5 Å². The molecule has 3 rings (SSSR count). The molecule has 0 spiro atoms. The summed E-state index contributed by atoms with van der Waals surface area (Å²) in [5.74, 6) is 6.59. The Morgan fingerprint density at radius 3 is 2.79 bits per heavy atom. The van der Waals surface area contributed by atoms with Gasteiger partial charge in [0, 0.05) is 24.4 Å². The summed E-state index contributed by atoms with van der Waals surface area (Å²) < 4.78 is 0. The molecule has 19 heavy (non-hydrogen) atoms. The third kappa shape index (κ3) is 2.34. The van der Waals surface area contributed by atoms with Gasteiger partial charge in [-0.2, -0.15) is 0 Å². The lowest BCUT2D eigenvalue weighted by Gasteiger charge is -2.33. The molecule has 0 saturated carbocycles. The number of rotatable bonds is 1. The molecule has 1 aromatic carbocycles.